The zero-order valence-electron chi connectivity index (χ0n) is 19.1. The van der Waals surface area contributed by atoms with Crippen LogP contribution in [0.1, 0.15) is 75.8 Å². The molecule has 3 aliphatic rings. The van der Waals surface area contributed by atoms with Crippen LogP contribution in [0.3, 0.4) is 0 Å². The third-order valence-corrected chi connectivity index (χ3v) is 7.35. The van der Waals surface area contributed by atoms with E-state index in [2.05, 4.69) is 31.0 Å². The Labute approximate surface area is 189 Å². The molecule has 0 saturated carbocycles. The molecule has 0 radical (unpaired) electrons. The first kappa shape index (κ1) is 22.3. The second-order valence-corrected chi connectivity index (χ2v) is 9.80. The molecular weight excluding hydrogens is 408 g/mol. The summed E-state index contributed by atoms with van der Waals surface area (Å²) in [6.07, 6.45) is 13.0. The Bertz CT molecular complexity index is 893. The van der Waals surface area contributed by atoms with Crippen molar-refractivity contribution in [2.24, 2.45) is 9.98 Å². The van der Waals surface area contributed by atoms with Crippen LogP contribution in [0.15, 0.2) is 42.1 Å². The van der Waals surface area contributed by atoms with Crippen LogP contribution in [0.25, 0.3) is 0 Å². The summed E-state index contributed by atoms with van der Waals surface area (Å²) in [4.78, 5) is 17.8. The Morgan fingerprint density at radius 1 is 1.16 bits per heavy atom. The predicted octanol–water partition coefficient (Wildman–Crippen LogP) is 5.54. The number of allylic oxidation sites excluding steroid dienone is 4. The maximum atomic E-state index is 6.44. The molecule has 2 aliphatic heterocycles. The summed E-state index contributed by atoms with van der Waals surface area (Å²) in [7, 11) is 3.95. The molecule has 2 atom stereocenters. The van der Waals surface area contributed by atoms with Gasteiger partial charge in [0.2, 0.25) is 5.96 Å². The Hall–Kier alpha value is -1.86. The molecule has 4 rings (SSSR count). The van der Waals surface area contributed by atoms with Gasteiger partial charge in [0.15, 0.2) is 11.0 Å². The second kappa shape index (κ2) is 10.2. The van der Waals surface area contributed by atoms with Crippen molar-refractivity contribution < 1.29 is 9.15 Å². The van der Waals surface area contributed by atoms with Gasteiger partial charge < -0.3 is 14.1 Å². The van der Waals surface area contributed by atoms with Crippen molar-refractivity contribution >= 4 is 23.9 Å². The summed E-state index contributed by atoms with van der Waals surface area (Å²) < 4.78 is 12.0. The maximum absolute atomic E-state index is 6.44. The van der Waals surface area contributed by atoms with Crippen LogP contribution in [0.4, 0.5) is 0 Å². The molecule has 0 spiro atoms. The minimum atomic E-state index is 0.0271. The summed E-state index contributed by atoms with van der Waals surface area (Å²) in [5.41, 5.74) is 2.53. The Kier molecular flexibility index (Phi) is 7.33. The molecule has 3 heterocycles. The fraction of sp³-hybridized carbons (Fsp3) is 0.625. The lowest BCUT2D eigenvalue weighted by Crippen LogP contribution is -2.29. The summed E-state index contributed by atoms with van der Waals surface area (Å²) in [6.45, 7) is 5.93. The highest BCUT2D eigenvalue weighted by atomic mass is 32.2. The highest BCUT2D eigenvalue weighted by Crippen LogP contribution is 2.41. The van der Waals surface area contributed by atoms with E-state index in [1.165, 1.54) is 4.91 Å². The van der Waals surface area contributed by atoms with Gasteiger partial charge in [-0.15, -0.1) is 0 Å². The first-order valence-electron chi connectivity index (χ1n) is 11.5. The van der Waals surface area contributed by atoms with Gasteiger partial charge in [-0.25, -0.2) is 15.0 Å². The second-order valence-electron chi connectivity index (χ2n) is 8.70. The number of guanidine groups is 1. The highest BCUT2D eigenvalue weighted by Gasteiger charge is 2.32. The van der Waals surface area contributed by atoms with Crippen molar-refractivity contribution in [1.29, 1.82) is 0 Å². The number of oxazole rings is 1. The van der Waals surface area contributed by atoms with Gasteiger partial charge in [0.1, 0.15) is 5.69 Å². The lowest BCUT2D eigenvalue weighted by molar-refractivity contribution is 0.0786. The van der Waals surface area contributed by atoms with Crippen LogP contribution in [0, 0.1) is 0 Å². The molecule has 31 heavy (non-hydrogen) atoms. The Morgan fingerprint density at radius 3 is 2.68 bits per heavy atom. The number of hydrogen-bond acceptors (Lipinski definition) is 7. The van der Waals surface area contributed by atoms with Crippen molar-refractivity contribution in [2.75, 3.05) is 27.3 Å². The van der Waals surface area contributed by atoms with Crippen LogP contribution in [0.2, 0.25) is 0 Å². The largest absolute Gasteiger partial charge is 0.434 e. The van der Waals surface area contributed by atoms with E-state index >= 15 is 0 Å². The van der Waals surface area contributed by atoms with E-state index in [4.69, 9.17) is 19.1 Å². The van der Waals surface area contributed by atoms with E-state index < -0.39 is 0 Å². The molecule has 1 aromatic rings. The van der Waals surface area contributed by atoms with Crippen LogP contribution < -0.4 is 0 Å². The fourth-order valence-electron chi connectivity index (χ4n) is 4.21. The molecule has 0 N–H and O–H groups in total. The number of nitrogens with zero attached hydrogens (tertiary/aromatic N) is 4. The molecular formula is C24H34N4O2S. The summed E-state index contributed by atoms with van der Waals surface area (Å²) in [5.74, 6) is 1.97. The summed E-state index contributed by atoms with van der Waals surface area (Å²) in [6, 6.07) is 0.0679. The predicted molar refractivity (Wildman–Crippen MR) is 127 cm³/mol. The first-order valence-corrected chi connectivity index (χ1v) is 12.3. The lowest BCUT2D eigenvalue weighted by Gasteiger charge is -2.23. The van der Waals surface area contributed by atoms with Gasteiger partial charge in [0, 0.05) is 39.4 Å². The number of thioether (sulfide) groups is 1. The highest BCUT2D eigenvalue weighted by molar-refractivity contribution is 8.03. The molecule has 7 heteroatoms. The van der Waals surface area contributed by atoms with E-state index in [1.54, 1.807) is 17.3 Å². The van der Waals surface area contributed by atoms with Gasteiger partial charge in [-0.2, -0.15) is 0 Å². The SMILES string of the molecule is CCC1=CCC=C(Sc2oc(C3CCOCC3)nc2C2C=NC(N(C)C)=NC2C)CC1. The van der Waals surface area contributed by atoms with Crippen molar-refractivity contribution in [3.05, 3.63) is 34.2 Å². The topological polar surface area (TPSA) is 63.2 Å². The molecule has 1 aliphatic carbocycles. The van der Waals surface area contributed by atoms with Gasteiger partial charge in [0.05, 0.1) is 12.0 Å². The van der Waals surface area contributed by atoms with Gasteiger partial charge in [-0.05, 0) is 50.4 Å². The molecule has 0 aromatic carbocycles. The van der Waals surface area contributed by atoms with Crippen molar-refractivity contribution in [1.82, 2.24) is 9.88 Å². The number of rotatable bonds is 5. The minimum absolute atomic E-state index is 0.0271. The summed E-state index contributed by atoms with van der Waals surface area (Å²) >= 11 is 1.75. The maximum Gasteiger partial charge on any atom is 0.220 e. The molecule has 1 aromatic heterocycles. The van der Waals surface area contributed by atoms with E-state index in [-0.39, 0.29) is 12.0 Å². The Morgan fingerprint density at radius 2 is 1.97 bits per heavy atom. The van der Waals surface area contributed by atoms with Gasteiger partial charge in [-0.3, -0.25) is 0 Å². The molecule has 1 saturated heterocycles. The molecule has 6 nitrogen and oxygen atoms in total. The van der Waals surface area contributed by atoms with E-state index in [1.807, 2.05) is 25.2 Å². The van der Waals surface area contributed by atoms with Gasteiger partial charge >= 0.3 is 0 Å². The number of hydrogen-bond donors (Lipinski definition) is 0. The number of aromatic nitrogens is 1. The first-order chi connectivity index (χ1) is 15.0. The van der Waals surface area contributed by atoms with Crippen molar-refractivity contribution in [2.45, 2.75) is 75.3 Å². The lowest BCUT2D eigenvalue weighted by atomic mass is 9.98. The van der Waals surface area contributed by atoms with Gasteiger partial charge in [0.25, 0.3) is 0 Å². The zero-order valence-corrected chi connectivity index (χ0v) is 20.0. The molecule has 1 fully saturated rings. The standard InChI is InChI=1S/C24H34N4O2S/c1-5-17-7-6-8-19(10-9-17)31-23-21(20-15-25-24(28(3)4)26-16(20)2)27-22(30-23)18-11-13-29-14-12-18/h7-8,15-16,18,20H,5-6,9-14H2,1-4H3. The smallest absolute Gasteiger partial charge is 0.220 e. The van der Waals surface area contributed by atoms with Crippen LogP contribution in [0.5, 0.6) is 0 Å². The average Bonchev–Trinajstić information content (AvgIpc) is 3.05. The van der Waals surface area contributed by atoms with Crippen LogP contribution in [-0.4, -0.2) is 55.4 Å². The number of ether oxygens (including phenoxy) is 1. The summed E-state index contributed by atoms with van der Waals surface area (Å²) in [5, 5.41) is 0.916. The monoisotopic (exact) mass is 442 g/mol. The molecule has 0 bridgehead atoms. The van der Waals surface area contributed by atoms with Gasteiger partial charge in [-0.1, -0.05) is 36.4 Å². The third kappa shape index (κ3) is 5.32. The fourth-order valence-corrected chi connectivity index (χ4v) is 5.25. The zero-order chi connectivity index (χ0) is 21.8. The van der Waals surface area contributed by atoms with Crippen LogP contribution >= 0.6 is 11.8 Å². The van der Waals surface area contributed by atoms with E-state index in [0.717, 1.165) is 74.4 Å². The third-order valence-electron chi connectivity index (χ3n) is 6.24. The average molecular weight is 443 g/mol. The molecule has 0 amide bonds. The van der Waals surface area contributed by atoms with E-state index in [9.17, 15) is 0 Å². The quantitative estimate of drug-likeness (QED) is 0.560. The van der Waals surface area contributed by atoms with E-state index in [0.29, 0.717) is 5.92 Å². The minimum Gasteiger partial charge on any atom is -0.434 e. The molecule has 2 unspecified atom stereocenters. The van der Waals surface area contributed by atoms with Crippen molar-refractivity contribution in [3.8, 4) is 0 Å². The number of aliphatic imine (C=N–C) groups is 2. The van der Waals surface area contributed by atoms with Crippen molar-refractivity contribution in [3.63, 3.8) is 0 Å². The van der Waals surface area contributed by atoms with Crippen LogP contribution in [-0.2, 0) is 4.74 Å². The molecule has 168 valence electrons. The Balaban J connectivity index is 1.60. The normalized spacial score (nSPS) is 25.0.